The zero-order valence-electron chi connectivity index (χ0n) is 13.8. The Kier molecular flexibility index (Phi) is 4.15. The van der Waals surface area contributed by atoms with Crippen molar-refractivity contribution >= 4 is 23.2 Å². The number of oxazole rings is 1. The maximum atomic E-state index is 11.8. The van der Waals surface area contributed by atoms with Crippen molar-refractivity contribution in [3.05, 3.63) is 24.3 Å². The van der Waals surface area contributed by atoms with E-state index in [-0.39, 0.29) is 12.1 Å². The van der Waals surface area contributed by atoms with Gasteiger partial charge in [0.1, 0.15) is 11.1 Å². The number of amides is 1. The molecule has 1 N–H and O–H groups in total. The van der Waals surface area contributed by atoms with Crippen LogP contribution in [0.4, 0.5) is 10.8 Å². The van der Waals surface area contributed by atoms with Gasteiger partial charge in [-0.05, 0) is 45.7 Å². The average Bonchev–Trinajstić information content (AvgIpc) is 2.89. The largest absolute Gasteiger partial charge is 0.444 e. The van der Waals surface area contributed by atoms with Gasteiger partial charge in [0.2, 0.25) is 0 Å². The molecule has 6 nitrogen and oxygen atoms in total. The van der Waals surface area contributed by atoms with Gasteiger partial charge in [0.25, 0.3) is 6.01 Å². The molecule has 1 aliphatic rings. The number of benzene rings is 1. The van der Waals surface area contributed by atoms with Gasteiger partial charge < -0.3 is 19.4 Å². The second-order valence-electron chi connectivity index (χ2n) is 6.87. The molecule has 0 bridgehead atoms. The molecular weight excluding hydrogens is 294 g/mol. The number of nitrogens with one attached hydrogen (secondary N) is 1. The number of hydrogen-bond donors (Lipinski definition) is 1. The highest BCUT2D eigenvalue weighted by Crippen LogP contribution is 2.24. The molecule has 0 spiro atoms. The number of ether oxygens (including phenoxy) is 1. The van der Waals surface area contributed by atoms with Crippen molar-refractivity contribution < 1.29 is 13.9 Å². The molecule has 0 aliphatic carbocycles. The molecule has 1 fully saturated rings. The van der Waals surface area contributed by atoms with Crippen molar-refractivity contribution in [3.63, 3.8) is 0 Å². The first-order valence-electron chi connectivity index (χ1n) is 8.01. The molecular formula is C17H23N3O3. The van der Waals surface area contributed by atoms with E-state index in [1.54, 1.807) is 0 Å². The second-order valence-corrected chi connectivity index (χ2v) is 6.87. The quantitative estimate of drug-likeness (QED) is 0.920. The van der Waals surface area contributed by atoms with Crippen LogP contribution in [-0.2, 0) is 4.74 Å². The number of rotatable bonds is 2. The Morgan fingerprint density at radius 1 is 1.30 bits per heavy atom. The number of aromatic nitrogens is 1. The van der Waals surface area contributed by atoms with Gasteiger partial charge in [-0.25, -0.2) is 4.79 Å². The molecule has 6 heteroatoms. The van der Waals surface area contributed by atoms with Gasteiger partial charge in [0.15, 0.2) is 5.58 Å². The topological polar surface area (TPSA) is 67.6 Å². The summed E-state index contributed by atoms with van der Waals surface area (Å²) in [6, 6.07) is 8.54. The van der Waals surface area contributed by atoms with Crippen LogP contribution in [0.15, 0.2) is 28.7 Å². The number of carbonyl (C=O) groups is 1. The number of anilines is 1. The molecule has 23 heavy (non-hydrogen) atoms. The second kappa shape index (κ2) is 6.10. The van der Waals surface area contributed by atoms with Gasteiger partial charge >= 0.3 is 6.09 Å². The molecule has 1 saturated heterocycles. The van der Waals surface area contributed by atoms with Crippen molar-refractivity contribution in [1.29, 1.82) is 0 Å². The number of alkyl carbamates (subject to hydrolysis) is 1. The molecule has 0 radical (unpaired) electrons. The Balaban J connectivity index is 1.55. The van der Waals surface area contributed by atoms with E-state index in [1.807, 2.05) is 45.0 Å². The first-order valence-corrected chi connectivity index (χ1v) is 8.01. The van der Waals surface area contributed by atoms with Gasteiger partial charge in [-0.2, -0.15) is 4.98 Å². The summed E-state index contributed by atoms with van der Waals surface area (Å²) in [7, 11) is 0. The first kappa shape index (κ1) is 15.6. The lowest BCUT2D eigenvalue weighted by Crippen LogP contribution is -2.46. The molecule has 3 rings (SSSR count). The summed E-state index contributed by atoms with van der Waals surface area (Å²) in [5, 5.41) is 2.94. The van der Waals surface area contributed by atoms with Crippen molar-refractivity contribution in [3.8, 4) is 0 Å². The van der Waals surface area contributed by atoms with E-state index in [2.05, 4.69) is 15.2 Å². The Labute approximate surface area is 135 Å². The fraction of sp³-hybridized carbons (Fsp3) is 0.529. The average molecular weight is 317 g/mol. The molecule has 0 unspecified atom stereocenters. The van der Waals surface area contributed by atoms with E-state index in [4.69, 9.17) is 9.15 Å². The zero-order chi connectivity index (χ0) is 16.4. The minimum atomic E-state index is -0.469. The van der Waals surface area contributed by atoms with Crippen LogP contribution in [0.25, 0.3) is 11.1 Å². The lowest BCUT2D eigenvalue weighted by atomic mass is 10.1. The Hall–Kier alpha value is -2.24. The maximum Gasteiger partial charge on any atom is 0.407 e. The summed E-state index contributed by atoms with van der Waals surface area (Å²) in [6.45, 7) is 7.19. The predicted octanol–water partition coefficient (Wildman–Crippen LogP) is 3.32. The van der Waals surface area contributed by atoms with Crippen LogP contribution in [0.2, 0.25) is 0 Å². The van der Waals surface area contributed by atoms with E-state index in [1.165, 1.54) is 0 Å². The molecule has 1 amide bonds. The Morgan fingerprint density at radius 2 is 2.00 bits per heavy atom. The number of para-hydroxylation sites is 2. The van der Waals surface area contributed by atoms with Crippen LogP contribution >= 0.6 is 0 Å². The normalized spacial score (nSPS) is 16.6. The highest BCUT2D eigenvalue weighted by atomic mass is 16.6. The Morgan fingerprint density at radius 3 is 2.65 bits per heavy atom. The number of piperidine rings is 1. The predicted molar refractivity (Wildman–Crippen MR) is 88.6 cm³/mol. The van der Waals surface area contributed by atoms with Crippen LogP contribution < -0.4 is 10.2 Å². The van der Waals surface area contributed by atoms with Crippen LogP contribution in [0.3, 0.4) is 0 Å². The summed E-state index contributed by atoms with van der Waals surface area (Å²) >= 11 is 0. The van der Waals surface area contributed by atoms with Crippen molar-refractivity contribution in [2.75, 3.05) is 18.0 Å². The van der Waals surface area contributed by atoms with E-state index in [0.29, 0.717) is 6.01 Å². The number of carbonyl (C=O) groups excluding carboxylic acids is 1. The third kappa shape index (κ3) is 3.94. The highest BCUT2D eigenvalue weighted by Gasteiger charge is 2.25. The van der Waals surface area contributed by atoms with E-state index >= 15 is 0 Å². The molecule has 124 valence electrons. The molecule has 2 heterocycles. The van der Waals surface area contributed by atoms with Crippen LogP contribution in [-0.4, -0.2) is 35.8 Å². The Bertz CT molecular complexity index is 649. The van der Waals surface area contributed by atoms with Crippen LogP contribution in [0, 0.1) is 0 Å². The standard InChI is InChI=1S/C17H23N3O3/c1-17(2,3)23-16(21)18-12-8-10-20(11-9-12)15-19-13-6-4-5-7-14(13)22-15/h4-7,12H,8-11H2,1-3H3,(H,18,21). The molecule has 0 saturated carbocycles. The van der Waals surface area contributed by atoms with E-state index in [9.17, 15) is 4.79 Å². The highest BCUT2D eigenvalue weighted by molar-refractivity contribution is 5.74. The van der Waals surface area contributed by atoms with Gasteiger partial charge in [-0.1, -0.05) is 12.1 Å². The van der Waals surface area contributed by atoms with Gasteiger partial charge in [0.05, 0.1) is 0 Å². The summed E-state index contributed by atoms with van der Waals surface area (Å²) in [4.78, 5) is 18.5. The van der Waals surface area contributed by atoms with Crippen molar-refractivity contribution in [2.24, 2.45) is 0 Å². The van der Waals surface area contributed by atoms with E-state index in [0.717, 1.165) is 37.0 Å². The molecule has 2 aromatic rings. The van der Waals surface area contributed by atoms with Crippen molar-refractivity contribution in [1.82, 2.24) is 10.3 Å². The fourth-order valence-corrected chi connectivity index (χ4v) is 2.68. The van der Waals surface area contributed by atoms with Crippen LogP contribution in [0.1, 0.15) is 33.6 Å². The summed E-state index contributed by atoms with van der Waals surface area (Å²) in [5.41, 5.74) is 1.20. The summed E-state index contributed by atoms with van der Waals surface area (Å²) < 4.78 is 11.1. The third-order valence-electron chi connectivity index (χ3n) is 3.77. The molecule has 1 aromatic heterocycles. The minimum Gasteiger partial charge on any atom is -0.444 e. The lowest BCUT2D eigenvalue weighted by molar-refractivity contribution is 0.0497. The number of hydrogen-bond acceptors (Lipinski definition) is 5. The summed E-state index contributed by atoms with van der Waals surface area (Å²) in [6.07, 6.45) is 1.34. The maximum absolute atomic E-state index is 11.8. The summed E-state index contributed by atoms with van der Waals surface area (Å²) in [5.74, 6) is 0. The van der Waals surface area contributed by atoms with Gasteiger partial charge in [0, 0.05) is 19.1 Å². The van der Waals surface area contributed by atoms with Gasteiger partial charge in [-0.3, -0.25) is 0 Å². The molecule has 1 aromatic carbocycles. The zero-order valence-corrected chi connectivity index (χ0v) is 13.8. The molecule has 1 aliphatic heterocycles. The monoisotopic (exact) mass is 317 g/mol. The minimum absolute atomic E-state index is 0.130. The lowest BCUT2D eigenvalue weighted by Gasteiger charge is -2.31. The van der Waals surface area contributed by atoms with Crippen LogP contribution in [0.5, 0.6) is 0 Å². The SMILES string of the molecule is CC(C)(C)OC(=O)NC1CCN(c2nc3ccccc3o2)CC1. The number of fused-ring (bicyclic) bond motifs is 1. The first-order chi connectivity index (χ1) is 10.9. The molecule has 0 atom stereocenters. The van der Waals surface area contributed by atoms with Crippen molar-refractivity contribution in [2.45, 2.75) is 45.3 Å². The fourth-order valence-electron chi connectivity index (χ4n) is 2.68. The van der Waals surface area contributed by atoms with Gasteiger partial charge in [-0.15, -0.1) is 0 Å². The van der Waals surface area contributed by atoms with E-state index < -0.39 is 5.60 Å². The number of nitrogens with zero attached hydrogens (tertiary/aromatic N) is 2. The smallest absolute Gasteiger partial charge is 0.407 e. The third-order valence-corrected chi connectivity index (χ3v) is 3.77.